The van der Waals surface area contributed by atoms with Crippen molar-refractivity contribution < 1.29 is 9.18 Å². The van der Waals surface area contributed by atoms with Crippen LogP contribution in [0, 0.1) is 12.7 Å². The molecule has 110 valence electrons. The van der Waals surface area contributed by atoms with Crippen LogP contribution in [0.3, 0.4) is 0 Å². The maximum absolute atomic E-state index is 13.9. The Morgan fingerprint density at radius 3 is 2.62 bits per heavy atom. The van der Waals surface area contributed by atoms with Crippen LogP contribution in [-0.4, -0.2) is 20.0 Å². The zero-order chi connectivity index (χ0) is 15.6. The van der Waals surface area contributed by atoms with Crippen LogP contribution in [0.15, 0.2) is 40.9 Å². The van der Waals surface area contributed by atoms with Crippen LogP contribution in [0.4, 0.5) is 15.8 Å². The lowest BCUT2D eigenvalue weighted by atomic mass is 10.1. The Morgan fingerprint density at radius 1 is 1.24 bits per heavy atom. The van der Waals surface area contributed by atoms with Gasteiger partial charge in [-0.05, 0) is 52.7 Å². The van der Waals surface area contributed by atoms with Crippen molar-refractivity contribution in [3.05, 3.63) is 57.8 Å². The van der Waals surface area contributed by atoms with E-state index in [1.807, 2.05) is 38.1 Å². The molecule has 1 amide bonds. The quantitative estimate of drug-likeness (QED) is 0.898. The van der Waals surface area contributed by atoms with Crippen molar-refractivity contribution in [2.24, 2.45) is 0 Å². The van der Waals surface area contributed by atoms with Gasteiger partial charge in [0.25, 0.3) is 5.91 Å². The predicted molar refractivity (Wildman–Crippen MR) is 87.6 cm³/mol. The zero-order valence-electron chi connectivity index (χ0n) is 12.1. The second-order valence-electron chi connectivity index (χ2n) is 4.95. The lowest BCUT2D eigenvalue weighted by Gasteiger charge is -2.17. The molecule has 0 radical (unpaired) electrons. The first-order chi connectivity index (χ1) is 9.90. The van der Waals surface area contributed by atoms with E-state index >= 15 is 0 Å². The second-order valence-corrected chi connectivity index (χ2v) is 5.81. The average Bonchev–Trinajstić information content (AvgIpc) is 2.43. The largest absolute Gasteiger partial charge is 0.377 e. The van der Waals surface area contributed by atoms with Crippen LogP contribution in [0.25, 0.3) is 0 Å². The van der Waals surface area contributed by atoms with E-state index < -0.39 is 11.7 Å². The highest BCUT2D eigenvalue weighted by atomic mass is 79.9. The highest BCUT2D eigenvalue weighted by Gasteiger charge is 2.14. The Hall–Kier alpha value is -1.88. The standard InChI is InChI=1S/C16H16BrFN2O/c1-10-7-8-11(9-14(10)20(2)3)19-16(21)12-5-4-6-13(17)15(12)18/h4-9H,1-3H3,(H,19,21). The van der Waals surface area contributed by atoms with Crippen molar-refractivity contribution >= 4 is 33.2 Å². The van der Waals surface area contributed by atoms with Gasteiger partial charge < -0.3 is 10.2 Å². The number of carbonyl (C=O) groups excluding carboxylic acids is 1. The van der Waals surface area contributed by atoms with Crippen molar-refractivity contribution in [1.29, 1.82) is 0 Å². The predicted octanol–water partition coefficient (Wildman–Crippen LogP) is 4.21. The van der Waals surface area contributed by atoms with Gasteiger partial charge >= 0.3 is 0 Å². The van der Waals surface area contributed by atoms with Crippen molar-refractivity contribution in [1.82, 2.24) is 0 Å². The fourth-order valence-corrected chi connectivity index (χ4v) is 2.41. The molecule has 0 aromatic heterocycles. The maximum Gasteiger partial charge on any atom is 0.258 e. The van der Waals surface area contributed by atoms with E-state index in [9.17, 15) is 9.18 Å². The summed E-state index contributed by atoms with van der Waals surface area (Å²) in [6.07, 6.45) is 0. The third-order valence-electron chi connectivity index (χ3n) is 3.15. The number of rotatable bonds is 3. The molecule has 0 bridgehead atoms. The first-order valence-corrected chi connectivity index (χ1v) is 7.23. The first-order valence-electron chi connectivity index (χ1n) is 6.43. The van der Waals surface area contributed by atoms with Gasteiger partial charge in [0, 0.05) is 25.5 Å². The van der Waals surface area contributed by atoms with Crippen molar-refractivity contribution in [3.63, 3.8) is 0 Å². The summed E-state index contributed by atoms with van der Waals surface area (Å²) in [7, 11) is 3.86. The number of hydrogen-bond acceptors (Lipinski definition) is 2. The first kappa shape index (κ1) is 15.5. The molecule has 0 spiro atoms. The molecule has 3 nitrogen and oxygen atoms in total. The summed E-state index contributed by atoms with van der Waals surface area (Å²) in [5.74, 6) is -1.03. The van der Waals surface area contributed by atoms with Crippen LogP contribution in [-0.2, 0) is 0 Å². The lowest BCUT2D eigenvalue weighted by molar-refractivity contribution is 0.102. The number of aryl methyl sites for hydroxylation is 1. The van der Waals surface area contributed by atoms with Crippen LogP contribution in [0.2, 0.25) is 0 Å². The zero-order valence-corrected chi connectivity index (χ0v) is 13.7. The smallest absolute Gasteiger partial charge is 0.258 e. The molecule has 0 aliphatic rings. The minimum absolute atomic E-state index is 0.0105. The summed E-state index contributed by atoms with van der Waals surface area (Å²) >= 11 is 3.08. The minimum atomic E-state index is -0.560. The van der Waals surface area contributed by atoms with Gasteiger partial charge in [0.05, 0.1) is 10.0 Å². The van der Waals surface area contributed by atoms with Crippen LogP contribution in [0.1, 0.15) is 15.9 Å². The molecule has 1 N–H and O–H groups in total. The Labute approximate surface area is 131 Å². The minimum Gasteiger partial charge on any atom is -0.377 e. The number of carbonyl (C=O) groups is 1. The molecule has 0 atom stereocenters. The second kappa shape index (κ2) is 6.26. The van der Waals surface area contributed by atoms with E-state index in [1.54, 1.807) is 18.2 Å². The van der Waals surface area contributed by atoms with Crippen LogP contribution in [0.5, 0.6) is 0 Å². The van der Waals surface area contributed by atoms with Gasteiger partial charge in [0.1, 0.15) is 5.82 Å². The highest BCUT2D eigenvalue weighted by Crippen LogP contribution is 2.24. The summed E-state index contributed by atoms with van der Waals surface area (Å²) in [5, 5.41) is 2.72. The number of amides is 1. The molecule has 0 saturated heterocycles. The lowest BCUT2D eigenvalue weighted by Crippen LogP contribution is -2.15. The van der Waals surface area contributed by atoms with Gasteiger partial charge in [-0.3, -0.25) is 4.79 Å². The number of anilines is 2. The number of benzene rings is 2. The Balaban J connectivity index is 2.28. The Bertz CT molecular complexity index is 686. The average molecular weight is 351 g/mol. The molecule has 5 heteroatoms. The van der Waals surface area contributed by atoms with Crippen molar-refractivity contribution in [2.45, 2.75) is 6.92 Å². The molecule has 2 aromatic carbocycles. The fraction of sp³-hybridized carbons (Fsp3) is 0.188. The summed E-state index contributed by atoms with van der Waals surface area (Å²) < 4.78 is 14.2. The molecule has 0 heterocycles. The van der Waals surface area contributed by atoms with E-state index in [0.717, 1.165) is 11.3 Å². The summed E-state index contributed by atoms with van der Waals surface area (Å²) in [6, 6.07) is 10.2. The number of hydrogen-bond donors (Lipinski definition) is 1. The number of halogens is 2. The van der Waals surface area contributed by atoms with Gasteiger partial charge in [-0.15, -0.1) is 0 Å². The van der Waals surface area contributed by atoms with E-state index in [0.29, 0.717) is 5.69 Å². The topological polar surface area (TPSA) is 32.3 Å². The number of nitrogens with one attached hydrogen (secondary N) is 1. The molecule has 0 aliphatic heterocycles. The van der Waals surface area contributed by atoms with Gasteiger partial charge in [-0.25, -0.2) is 4.39 Å². The Morgan fingerprint density at radius 2 is 1.95 bits per heavy atom. The van der Waals surface area contributed by atoms with E-state index in [4.69, 9.17) is 0 Å². The fourth-order valence-electron chi connectivity index (χ4n) is 2.05. The van der Waals surface area contributed by atoms with Gasteiger partial charge in [0.15, 0.2) is 0 Å². The molecule has 0 fully saturated rings. The SMILES string of the molecule is Cc1ccc(NC(=O)c2cccc(Br)c2F)cc1N(C)C. The maximum atomic E-state index is 13.9. The van der Waals surface area contributed by atoms with Gasteiger partial charge in [-0.1, -0.05) is 12.1 Å². The summed E-state index contributed by atoms with van der Waals surface area (Å²) in [6.45, 7) is 1.99. The monoisotopic (exact) mass is 350 g/mol. The molecule has 0 unspecified atom stereocenters. The molecule has 2 rings (SSSR count). The van der Waals surface area contributed by atoms with E-state index in [2.05, 4.69) is 21.2 Å². The third kappa shape index (κ3) is 3.42. The molecule has 21 heavy (non-hydrogen) atoms. The highest BCUT2D eigenvalue weighted by molar-refractivity contribution is 9.10. The van der Waals surface area contributed by atoms with Crippen molar-refractivity contribution in [2.75, 3.05) is 24.3 Å². The van der Waals surface area contributed by atoms with E-state index in [1.165, 1.54) is 6.07 Å². The van der Waals surface area contributed by atoms with Crippen molar-refractivity contribution in [3.8, 4) is 0 Å². The van der Waals surface area contributed by atoms with Crippen LogP contribution < -0.4 is 10.2 Å². The number of nitrogens with zero attached hydrogens (tertiary/aromatic N) is 1. The molecule has 2 aromatic rings. The Kier molecular flexibility index (Phi) is 4.63. The molecular formula is C16H16BrFN2O. The van der Waals surface area contributed by atoms with Crippen LogP contribution >= 0.6 is 15.9 Å². The summed E-state index contributed by atoms with van der Waals surface area (Å²) in [4.78, 5) is 14.1. The normalized spacial score (nSPS) is 10.3. The molecular weight excluding hydrogens is 335 g/mol. The third-order valence-corrected chi connectivity index (χ3v) is 3.76. The van der Waals surface area contributed by atoms with Gasteiger partial charge in [0.2, 0.25) is 0 Å². The molecule has 0 saturated carbocycles. The molecule has 0 aliphatic carbocycles. The van der Waals surface area contributed by atoms with E-state index in [-0.39, 0.29) is 10.0 Å². The van der Waals surface area contributed by atoms with Gasteiger partial charge in [-0.2, -0.15) is 0 Å². The summed E-state index contributed by atoms with van der Waals surface area (Å²) in [5.41, 5.74) is 2.75.